The molecule has 0 saturated carbocycles. The van der Waals surface area contributed by atoms with Gasteiger partial charge >= 0.3 is 0 Å². The Morgan fingerprint density at radius 2 is 1.46 bits per heavy atom. The van der Waals surface area contributed by atoms with Crippen LogP contribution in [0.2, 0.25) is 0 Å². The fraction of sp³-hybridized carbons (Fsp3) is 0.387. The van der Waals surface area contributed by atoms with Gasteiger partial charge in [-0.2, -0.15) is 0 Å². The first-order valence-electron chi connectivity index (χ1n) is 12.5. The predicted octanol–water partition coefficient (Wildman–Crippen LogP) is 7.04. The lowest BCUT2D eigenvalue weighted by atomic mass is 9.88. The van der Waals surface area contributed by atoms with Gasteiger partial charge in [-0.05, 0) is 78.5 Å². The number of ether oxygens (including phenoxy) is 2. The van der Waals surface area contributed by atoms with Gasteiger partial charge in [0, 0.05) is 16.7 Å². The molecule has 1 aliphatic rings. The summed E-state index contributed by atoms with van der Waals surface area (Å²) in [7, 11) is 1.51. The van der Waals surface area contributed by atoms with Gasteiger partial charge in [-0.3, -0.25) is 4.79 Å². The van der Waals surface area contributed by atoms with Crippen molar-refractivity contribution in [1.29, 1.82) is 0 Å². The topological polar surface area (TPSA) is 96.2 Å². The molecular formula is C31H38O6. The summed E-state index contributed by atoms with van der Waals surface area (Å²) in [4.78, 5) is 13.4. The second kappa shape index (κ2) is 11.6. The molecule has 1 unspecified atom stereocenters. The smallest absolute Gasteiger partial charge is 0.174 e. The molecule has 0 radical (unpaired) electrons. The van der Waals surface area contributed by atoms with Crippen LogP contribution in [0, 0.1) is 0 Å². The van der Waals surface area contributed by atoms with Crippen molar-refractivity contribution in [2.45, 2.75) is 73.3 Å². The molecule has 0 aliphatic carbocycles. The lowest BCUT2D eigenvalue weighted by molar-refractivity contribution is 0.0841. The van der Waals surface area contributed by atoms with E-state index in [1.165, 1.54) is 7.11 Å². The van der Waals surface area contributed by atoms with E-state index in [-0.39, 0.29) is 40.8 Å². The van der Waals surface area contributed by atoms with Gasteiger partial charge in [0.05, 0.1) is 13.5 Å². The summed E-state index contributed by atoms with van der Waals surface area (Å²) in [5, 5.41) is 32.9. The molecule has 0 saturated heterocycles. The van der Waals surface area contributed by atoms with Crippen molar-refractivity contribution in [1.82, 2.24) is 0 Å². The maximum atomic E-state index is 13.4. The molecule has 1 aliphatic heterocycles. The van der Waals surface area contributed by atoms with E-state index in [0.29, 0.717) is 41.7 Å². The quantitative estimate of drug-likeness (QED) is 0.332. The lowest BCUT2D eigenvalue weighted by Crippen LogP contribution is -2.22. The number of rotatable bonds is 8. The highest BCUT2D eigenvalue weighted by molar-refractivity contribution is 6.04. The average molecular weight is 507 g/mol. The van der Waals surface area contributed by atoms with Crippen LogP contribution in [-0.2, 0) is 19.3 Å². The third-order valence-corrected chi connectivity index (χ3v) is 6.41. The van der Waals surface area contributed by atoms with Gasteiger partial charge in [0.15, 0.2) is 17.3 Å². The monoisotopic (exact) mass is 506 g/mol. The predicted molar refractivity (Wildman–Crippen MR) is 146 cm³/mol. The molecule has 0 spiro atoms. The summed E-state index contributed by atoms with van der Waals surface area (Å²) in [6.45, 7) is 11.8. The first-order valence-corrected chi connectivity index (χ1v) is 12.5. The standard InChI is InChI=1S/C31H38O6/c1-17(2)8-11-20-14-21(15-25(33)30(20)36-7)26-16-24(32)27-29(35)22(12-9-18(3)4)28(34)23(31(27)37-26)13-10-19(5)6/h8-10,14-15,26,33-35H,11-13,16H2,1-7H3. The largest absolute Gasteiger partial charge is 0.507 e. The maximum absolute atomic E-state index is 13.4. The number of Topliss-reactive ketones (excluding diaryl/α,β-unsaturated/α-hetero) is 1. The van der Waals surface area contributed by atoms with E-state index in [0.717, 1.165) is 22.3 Å². The molecule has 37 heavy (non-hydrogen) atoms. The van der Waals surface area contributed by atoms with Crippen molar-refractivity contribution in [2.75, 3.05) is 7.11 Å². The highest BCUT2D eigenvalue weighted by Crippen LogP contribution is 2.49. The van der Waals surface area contributed by atoms with Gasteiger partial charge in [0.1, 0.15) is 28.9 Å². The van der Waals surface area contributed by atoms with Crippen LogP contribution < -0.4 is 9.47 Å². The number of phenolic OH excluding ortho intramolecular Hbond substituents is 3. The molecule has 1 atom stereocenters. The molecule has 0 aromatic heterocycles. The van der Waals surface area contributed by atoms with Crippen LogP contribution in [0.25, 0.3) is 0 Å². The Morgan fingerprint density at radius 3 is 2.03 bits per heavy atom. The number of benzene rings is 2. The minimum absolute atomic E-state index is 0.0106. The summed E-state index contributed by atoms with van der Waals surface area (Å²) < 4.78 is 11.8. The Bertz CT molecular complexity index is 1280. The molecule has 0 bridgehead atoms. The van der Waals surface area contributed by atoms with Crippen LogP contribution in [0.3, 0.4) is 0 Å². The zero-order valence-electron chi connectivity index (χ0n) is 22.9. The van der Waals surface area contributed by atoms with Crippen LogP contribution in [0.1, 0.15) is 86.7 Å². The highest BCUT2D eigenvalue weighted by atomic mass is 16.5. The van der Waals surface area contributed by atoms with E-state index in [1.54, 1.807) is 6.07 Å². The van der Waals surface area contributed by atoms with E-state index < -0.39 is 6.10 Å². The molecule has 6 heteroatoms. The first kappa shape index (κ1) is 27.9. The number of hydrogen-bond donors (Lipinski definition) is 3. The molecule has 0 amide bonds. The normalized spacial score (nSPS) is 14.4. The SMILES string of the molecule is COc1c(O)cc(C2CC(=O)c3c(O)c(CC=C(C)C)c(O)c(CC=C(C)C)c3O2)cc1CC=C(C)C. The second-order valence-corrected chi connectivity index (χ2v) is 10.3. The number of methoxy groups -OCH3 is 1. The summed E-state index contributed by atoms with van der Waals surface area (Å²) in [5.74, 6) is -0.0471. The number of phenols is 3. The van der Waals surface area contributed by atoms with E-state index in [4.69, 9.17) is 9.47 Å². The van der Waals surface area contributed by atoms with Crippen molar-refractivity contribution < 1.29 is 29.6 Å². The number of allylic oxidation sites excluding steroid dienone is 6. The number of carbonyl (C=O) groups excluding carboxylic acids is 1. The first-order chi connectivity index (χ1) is 17.4. The van der Waals surface area contributed by atoms with Gasteiger partial charge < -0.3 is 24.8 Å². The molecule has 2 aromatic rings. The molecule has 6 nitrogen and oxygen atoms in total. The van der Waals surface area contributed by atoms with Crippen molar-refractivity contribution in [3.63, 3.8) is 0 Å². The van der Waals surface area contributed by atoms with Crippen LogP contribution in [0.5, 0.6) is 28.7 Å². The Morgan fingerprint density at radius 1 is 0.892 bits per heavy atom. The molecule has 2 aromatic carbocycles. The van der Waals surface area contributed by atoms with Crippen molar-refractivity contribution >= 4 is 5.78 Å². The Balaban J connectivity index is 2.16. The van der Waals surface area contributed by atoms with E-state index >= 15 is 0 Å². The molecule has 3 N–H and O–H groups in total. The number of carbonyl (C=O) groups is 1. The highest BCUT2D eigenvalue weighted by Gasteiger charge is 2.36. The molecule has 3 rings (SSSR count). The van der Waals surface area contributed by atoms with Crippen LogP contribution in [-0.4, -0.2) is 28.2 Å². The molecule has 198 valence electrons. The Hall–Kier alpha value is -3.67. The van der Waals surface area contributed by atoms with Gasteiger partial charge in [-0.25, -0.2) is 0 Å². The van der Waals surface area contributed by atoms with Crippen LogP contribution in [0.15, 0.2) is 47.1 Å². The second-order valence-electron chi connectivity index (χ2n) is 10.3. The third kappa shape index (κ3) is 6.19. The third-order valence-electron chi connectivity index (χ3n) is 6.41. The molecular weight excluding hydrogens is 468 g/mol. The van der Waals surface area contributed by atoms with Gasteiger partial charge in [-0.1, -0.05) is 34.9 Å². The fourth-order valence-electron chi connectivity index (χ4n) is 4.42. The zero-order chi connectivity index (χ0) is 27.4. The van der Waals surface area contributed by atoms with Crippen LogP contribution in [0.4, 0.5) is 0 Å². The molecule has 0 fully saturated rings. The van der Waals surface area contributed by atoms with Crippen molar-refractivity contribution in [2.24, 2.45) is 0 Å². The number of hydrogen-bond acceptors (Lipinski definition) is 6. The van der Waals surface area contributed by atoms with Crippen molar-refractivity contribution in [3.8, 4) is 28.7 Å². The van der Waals surface area contributed by atoms with Crippen LogP contribution >= 0.6 is 0 Å². The summed E-state index contributed by atoms with van der Waals surface area (Å²) in [6, 6.07) is 3.42. The maximum Gasteiger partial charge on any atom is 0.174 e. The van der Waals surface area contributed by atoms with Gasteiger partial charge in [0.2, 0.25) is 0 Å². The Labute approximate surface area is 219 Å². The summed E-state index contributed by atoms with van der Waals surface area (Å²) >= 11 is 0. The number of ketones is 1. The molecule has 1 heterocycles. The van der Waals surface area contributed by atoms with Gasteiger partial charge in [0.25, 0.3) is 0 Å². The van der Waals surface area contributed by atoms with E-state index in [2.05, 4.69) is 0 Å². The Kier molecular flexibility index (Phi) is 8.74. The van der Waals surface area contributed by atoms with Crippen molar-refractivity contribution in [3.05, 3.63) is 74.9 Å². The number of fused-ring (bicyclic) bond motifs is 1. The zero-order valence-corrected chi connectivity index (χ0v) is 22.9. The summed E-state index contributed by atoms with van der Waals surface area (Å²) in [6.07, 6.45) is 6.36. The number of aromatic hydroxyl groups is 3. The lowest BCUT2D eigenvalue weighted by Gasteiger charge is -2.30. The minimum atomic E-state index is -0.699. The average Bonchev–Trinajstić information content (AvgIpc) is 2.81. The summed E-state index contributed by atoms with van der Waals surface area (Å²) in [5.41, 5.74) is 5.49. The fourth-order valence-corrected chi connectivity index (χ4v) is 4.42. The minimum Gasteiger partial charge on any atom is -0.507 e. The van der Waals surface area contributed by atoms with E-state index in [9.17, 15) is 20.1 Å². The van der Waals surface area contributed by atoms with Gasteiger partial charge in [-0.15, -0.1) is 0 Å². The van der Waals surface area contributed by atoms with E-state index in [1.807, 2.05) is 65.8 Å².